The van der Waals surface area contributed by atoms with Crippen LogP contribution in [0.25, 0.3) is 0 Å². The van der Waals surface area contributed by atoms with Gasteiger partial charge in [-0.2, -0.15) is 0 Å². The van der Waals surface area contributed by atoms with Crippen molar-refractivity contribution in [2.45, 2.75) is 31.7 Å². The summed E-state index contributed by atoms with van der Waals surface area (Å²) in [7, 11) is 0. The number of halogens is 3. The number of alkyl halides is 1. The van der Waals surface area contributed by atoms with Crippen molar-refractivity contribution in [1.29, 1.82) is 0 Å². The fraction of sp³-hybridized carbons (Fsp3) is 0.368. The Morgan fingerprint density at radius 3 is 2.64 bits per heavy atom. The molecule has 0 saturated carbocycles. The molecule has 1 atom stereocenters. The molecule has 2 aromatic rings. The van der Waals surface area contributed by atoms with Crippen LogP contribution in [0.15, 0.2) is 36.7 Å². The number of amides is 1. The van der Waals surface area contributed by atoms with Crippen molar-refractivity contribution in [1.82, 2.24) is 9.88 Å². The van der Waals surface area contributed by atoms with E-state index in [1.807, 2.05) is 6.07 Å². The second kappa shape index (κ2) is 7.68. The number of rotatable bonds is 6. The molecule has 25 heavy (non-hydrogen) atoms. The molecule has 0 aliphatic carbocycles. The standard InChI is InChI=1S/C19H19F3N2O/c20-4-1-2-13-10-23-5-3-14(13)11-24-12-16(8-19(24)25)15-6-17(21)9-18(22)7-15/h3,5-7,9-10,16H,1-2,4,8,11-12H2/t16-/m0/s1. The topological polar surface area (TPSA) is 33.2 Å². The Bertz CT molecular complexity index is 746. The van der Waals surface area contributed by atoms with E-state index in [9.17, 15) is 18.0 Å². The molecule has 132 valence electrons. The van der Waals surface area contributed by atoms with Gasteiger partial charge in [-0.05, 0) is 47.7 Å². The van der Waals surface area contributed by atoms with Crippen LogP contribution in [0.5, 0.6) is 0 Å². The van der Waals surface area contributed by atoms with Gasteiger partial charge in [0.25, 0.3) is 0 Å². The van der Waals surface area contributed by atoms with Gasteiger partial charge in [-0.25, -0.2) is 8.78 Å². The molecule has 1 fully saturated rings. The van der Waals surface area contributed by atoms with Crippen molar-refractivity contribution in [2.24, 2.45) is 0 Å². The summed E-state index contributed by atoms with van der Waals surface area (Å²) >= 11 is 0. The van der Waals surface area contributed by atoms with E-state index in [0.717, 1.165) is 17.2 Å². The van der Waals surface area contributed by atoms with E-state index in [1.54, 1.807) is 17.3 Å². The van der Waals surface area contributed by atoms with E-state index < -0.39 is 18.3 Å². The van der Waals surface area contributed by atoms with Gasteiger partial charge in [0.15, 0.2) is 0 Å². The number of carbonyl (C=O) groups excluding carboxylic acids is 1. The molecule has 2 heterocycles. The van der Waals surface area contributed by atoms with E-state index >= 15 is 0 Å². The number of aromatic nitrogens is 1. The lowest BCUT2D eigenvalue weighted by Crippen LogP contribution is -2.25. The van der Waals surface area contributed by atoms with Gasteiger partial charge < -0.3 is 4.90 Å². The molecule has 3 rings (SSSR count). The summed E-state index contributed by atoms with van der Waals surface area (Å²) in [6.07, 6.45) is 4.56. The van der Waals surface area contributed by atoms with E-state index in [2.05, 4.69) is 4.98 Å². The Balaban J connectivity index is 1.73. The first-order chi connectivity index (χ1) is 12.1. The minimum atomic E-state index is -0.636. The normalized spacial score (nSPS) is 17.3. The van der Waals surface area contributed by atoms with Gasteiger partial charge in [0.05, 0.1) is 6.67 Å². The maximum atomic E-state index is 13.4. The number of hydrogen-bond acceptors (Lipinski definition) is 2. The minimum absolute atomic E-state index is 0.0528. The van der Waals surface area contributed by atoms with Crippen LogP contribution in [0.3, 0.4) is 0 Å². The van der Waals surface area contributed by atoms with E-state index in [4.69, 9.17) is 0 Å². The van der Waals surface area contributed by atoms with Gasteiger partial charge in [-0.3, -0.25) is 14.2 Å². The average Bonchev–Trinajstić information content (AvgIpc) is 2.94. The summed E-state index contributed by atoms with van der Waals surface area (Å²) in [4.78, 5) is 18.1. The average molecular weight is 348 g/mol. The van der Waals surface area contributed by atoms with Gasteiger partial charge in [0.2, 0.25) is 5.91 Å². The summed E-state index contributed by atoms with van der Waals surface area (Å²) in [5.74, 6) is -1.55. The molecule has 0 radical (unpaired) electrons. The first-order valence-corrected chi connectivity index (χ1v) is 8.28. The molecule has 6 heteroatoms. The molecule has 0 spiro atoms. The number of nitrogens with zero attached hydrogens (tertiary/aromatic N) is 2. The fourth-order valence-electron chi connectivity index (χ4n) is 3.26. The zero-order chi connectivity index (χ0) is 17.8. The van der Waals surface area contributed by atoms with Gasteiger partial charge in [0.1, 0.15) is 11.6 Å². The van der Waals surface area contributed by atoms with Crippen molar-refractivity contribution in [3.05, 3.63) is 65.0 Å². The third-order valence-corrected chi connectivity index (χ3v) is 4.52. The van der Waals surface area contributed by atoms with Crippen LogP contribution in [-0.2, 0) is 17.8 Å². The van der Waals surface area contributed by atoms with Crippen LogP contribution in [-0.4, -0.2) is 29.0 Å². The Labute approximate surface area is 144 Å². The second-order valence-corrected chi connectivity index (χ2v) is 6.32. The van der Waals surface area contributed by atoms with Crippen molar-refractivity contribution in [3.8, 4) is 0 Å². The van der Waals surface area contributed by atoms with Crippen LogP contribution in [0.4, 0.5) is 13.2 Å². The van der Waals surface area contributed by atoms with Crippen LogP contribution in [0, 0.1) is 11.6 Å². The van der Waals surface area contributed by atoms with Crippen LogP contribution in [0.1, 0.15) is 35.4 Å². The zero-order valence-electron chi connectivity index (χ0n) is 13.7. The molecular weight excluding hydrogens is 329 g/mol. The van der Waals surface area contributed by atoms with E-state index in [-0.39, 0.29) is 18.2 Å². The number of carbonyl (C=O) groups is 1. The molecule has 0 bridgehead atoms. The molecule has 0 N–H and O–H groups in total. The van der Waals surface area contributed by atoms with Gasteiger partial charge in [0, 0.05) is 43.9 Å². The molecule has 1 amide bonds. The van der Waals surface area contributed by atoms with Crippen LogP contribution < -0.4 is 0 Å². The number of benzene rings is 1. The van der Waals surface area contributed by atoms with Crippen LogP contribution in [0.2, 0.25) is 0 Å². The van der Waals surface area contributed by atoms with Crippen molar-refractivity contribution in [2.75, 3.05) is 13.2 Å². The number of aryl methyl sites for hydroxylation is 1. The quantitative estimate of drug-likeness (QED) is 0.796. The lowest BCUT2D eigenvalue weighted by atomic mass is 9.98. The fourth-order valence-corrected chi connectivity index (χ4v) is 3.26. The molecule has 3 nitrogen and oxygen atoms in total. The summed E-state index contributed by atoms with van der Waals surface area (Å²) in [5.41, 5.74) is 2.36. The van der Waals surface area contributed by atoms with Crippen molar-refractivity contribution < 1.29 is 18.0 Å². The highest BCUT2D eigenvalue weighted by atomic mass is 19.1. The summed E-state index contributed by atoms with van der Waals surface area (Å²) in [6, 6.07) is 5.22. The first-order valence-electron chi connectivity index (χ1n) is 8.28. The van der Waals surface area contributed by atoms with E-state index in [0.29, 0.717) is 31.5 Å². The van der Waals surface area contributed by atoms with Crippen molar-refractivity contribution >= 4 is 5.91 Å². The molecule has 0 unspecified atom stereocenters. The Hall–Kier alpha value is -2.37. The van der Waals surface area contributed by atoms with Crippen molar-refractivity contribution in [3.63, 3.8) is 0 Å². The Morgan fingerprint density at radius 2 is 1.92 bits per heavy atom. The Morgan fingerprint density at radius 1 is 1.16 bits per heavy atom. The molecule has 1 aromatic carbocycles. The SMILES string of the molecule is O=C1C[C@H](c2cc(F)cc(F)c2)CN1Cc1ccncc1CCCF. The van der Waals surface area contributed by atoms with E-state index in [1.165, 1.54) is 12.1 Å². The first kappa shape index (κ1) is 17.5. The summed E-state index contributed by atoms with van der Waals surface area (Å²) in [5, 5.41) is 0. The molecule has 1 aliphatic rings. The number of pyridine rings is 1. The van der Waals surface area contributed by atoms with Crippen LogP contribution >= 0.6 is 0 Å². The third-order valence-electron chi connectivity index (χ3n) is 4.52. The maximum Gasteiger partial charge on any atom is 0.223 e. The number of likely N-dealkylation sites (tertiary alicyclic amines) is 1. The highest BCUT2D eigenvalue weighted by molar-refractivity contribution is 5.79. The van der Waals surface area contributed by atoms with Gasteiger partial charge >= 0.3 is 0 Å². The number of hydrogen-bond donors (Lipinski definition) is 0. The monoisotopic (exact) mass is 348 g/mol. The summed E-state index contributed by atoms with van der Waals surface area (Å²) < 4.78 is 39.3. The smallest absolute Gasteiger partial charge is 0.223 e. The second-order valence-electron chi connectivity index (χ2n) is 6.32. The zero-order valence-corrected chi connectivity index (χ0v) is 13.7. The van der Waals surface area contributed by atoms with Gasteiger partial charge in [-0.15, -0.1) is 0 Å². The lowest BCUT2D eigenvalue weighted by Gasteiger charge is -2.19. The minimum Gasteiger partial charge on any atom is -0.338 e. The predicted molar refractivity (Wildman–Crippen MR) is 87.7 cm³/mol. The summed E-state index contributed by atoms with van der Waals surface area (Å²) in [6.45, 7) is 0.411. The molecule has 1 saturated heterocycles. The molecule has 1 aliphatic heterocycles. The highest BCUT2D eigenvalue weighted by Crippen LogP contribution is 2.30. The predicted octanol–water partition coefficient (Wildman–Crippen LogP) is 3.78. The lowest BCUT2D eigenvalue weighted by molar-refractivity contribution is -0.128. The molecular formula is C19H19F3N2O. The largest absolute Gasteiger partial charge is 0.338 e. The van der Waals surface area contributed by atoms with Gasteiger partial charge in [-0.1, -0.05) is 0 Å². The molecule has 1 aromatic heterocycles. The maximum absolute atomic E-state index is 13.4. The Kier molecular flexibility index (Phi) is 5.36. The highest BCUT2D eigenvalue weighted by Gasteiger charge is 2.31. The third kappa shape index (κ3) is 4.18.